The van der Waals surface area contributed by atoms with Crippen molar-refractivity contribution in [3.05, 3.63) is 70.0 Å². The van der Waals surface area contributed by atoms with E-state index in [1.807, 2.05) is 0 Å². The molecule has 4 nitrogen and oxygen atoms in total. The van der Waals surface area contributed by atoms with Crippen LogP contribution in [0.15, 0.2) is 47.6 Å². The van der Waals surface area contributed by atoms with Gasteiger partial charge in [-0.15, -0.1) is 0 Å². The zero-order valence-electron chi connectivity index (χ0n) is 17.5. The van der Waals surface area contributed by atoms with Crippen molar-refractivity contribution in [1.29, 1.82) is 0 Å². The van der Waals surface area contributed by atoms with Crippen LogP contribution < -0.4 is 0 Å². The van der Waals surface area contributed by atoms with E-state index in [-0.39, 0.29) is 21.9 Å². The molecule has 2 aromatic carbocycles. The number of carbonyl (C=O) groups excluding carboxylic acids is 1. The maximum atomic E-state index is 15.0. The molecule has 2 heterocycles. The lowest BCUT2D eigenvalue weighted by molar-refractivity contribution is -0.275. The zero-order chi connectivity index (χ0) is 25.8. The second kappa shape index (κ2) is 8.35. The molecule has 0 radical (unpaired) electrons. The average molecular weight is 527 g/mol. The second-order valence-electron chi connectivity index (χ2n) is 8.37. The van der Waals surface area contributed by atoms with Crippen LogP contribution >= 0.6 is 11.6 Å². The molecule has 1 amide bonds. The molecule has 13 heteroatoms. The number of likely N-dealkylation sites (tertiary alicyclic amines) is 1. The molecule has 0 aromatic heterocycles. The van der Waals surface area contributed by atoms with E-state index in [2.05, 4.69) is 5.16 Å². The van der Waals surface area contributed by atoms with Crippen LogP contribution in [0.25, 0.3) is 0 Å². The Kier molecular flexibility index (Phi) is 6.02. The van der Waals surface area contributed by atoms with Gasteiger partial charge < -0.3 is 9.74 Å². The quantitative estimate of drug-likeness (QED) is 0.457. The molecule has 0 bridgehead atoms. The van der Waals surface area contributed by atoms with Gasteiger partial charge in [-0.3, -0.25) is 4.79 Å². The lowest BCUT2D eigenvalue weighted by Crippen LogP contribution is -2.59. The molecule has 1 saturated heterocycles. The Bertz CT molecular complexity index is 1150. The standard InChI is InChI=1S/C22H15ClF8N2O2/c23-15-5-14(6-16(24)7-15)20(22(29,30)31)8-17(32-35-20)12-1-3-13(4-2-12)19(25)10-33(11-19)18(34)9-21(26,27)28/h1-7H,8-11H2. The lowest BCUT2D eigenvalue weighted by Gasteiger charge is -2.44. The molecule has 2 aromatic rings. The highest BCUT2D eigenvalue weighted by atomic mass is 35.5. The van der Waals surface area contributed by atoms with Crippen molar-refractivity contribution in [2.24, 2.45) is 5.16 Å². The summed E-state index contributed by atoms with van der Waals surface area (Å²) in [5, 5.41) is 3.27. The summed E-state index contributed by atoms with van der Waals surface area (Å²) >= 11 is 5.72. The molecule has 35 heavy (non-hydrogen) atoms. The normalized spacial score (nSPS) is 21.9. The first kappa shape index (κ1) is 25.2. The number of amides is 1. The number of halogens is 9. The third kappa shape index (κ3) is 4.80. The molecule has 188 valence electrons. The largest absolute Gasteiger partial charge is 0.435 e. The van der Waals surface area contributed by atoms with Gasteiger partial charge in [0.25, 0.3) is 5.60 Å². The minimum absolute atomic E-state index is 0.0378. The molecule has 1 unspecified atom stereocenters. The van der Waals surface area contributed by atoms with Crippen LogP contribution in [0.4, 0.5) is 35.1 Å². The SMILES string of the molecule is O=C(CC(F)(F)F)N1CC(F)(c2ccc(C3=NOC(c4cc(F)cc(Cl)c4)(C(F)(F)F)C3)cc2)C1. The minimum Gasteiger partial charge on any atom is -0.374 e. The van der Waals surface area contributed by atoms with Crippen LogP contribution in [0.3, 0.4) is 0 Å². The predicted octanol–water partition coefficient (Wildman–Crippen LogP) is 6.02. The first-order chi connectivity index (χ1) is 16.1. The van der Waals surface area contributed by atoms with Crippen LogP contribution in [0.5, 0.6) is 0 Å². The first-order valence-electron chi connectivity index (χ1n) is 10.0. The van der Waals surface area contributed by atoms with Gasteiger partial charge in [0.2, 0.25) is 5.91 Å². The highest BCUT2D eigenvalue weighted by Gasteiger charge is 2.62. The summed E-state index contributed by atoms with van der Waals surface area (Å²) in [5.41, 5.74) is -5.60. The number of hydrogen-bond acceptors (Lipinski definition) is 3. The summed E-state index contributed by atoms with van der Waals surface area (Å²) in [6.07, 6.45) is -12.2. The third-order valence-electron chi connectivity index (χ3n) is 5.84. The summed E-state index contributed by atoms with van der Waals surface area (Å²) in [5.74, 6) is -2.24. The Balaban J connectivity index is 1.50. The molecule has 0 aliphatic carbocycles. The van der Waals surface area contributed by atoms with Crippen molar-refractivity contribution in [3.8, 4) is 0 Å². The highest BCUT2D eigenvalue weighted by molar-refractivity contribution is 6.30. The Morgan fingerprint density at radius 1 is 1.03 bits per heavy atom. The van der Waals surface area contributed by atoms with Crippen molar-refractivity contribution in [2.45, 2.75) is 36.5 Å². The van der Waals surface area contributed by atoms with E-state index in [1.165, 1.54) is 24.3 Å². The minimum atomic E-state index is -4.99. The van der Waals surface area contributed by atoms with E-state index in [4.69, 9.17) is 16.4 Å². The van der Waals surface area contributed by atoms with Gasteiger partial charge in [-0.1, -0.05) is 41.0 Å². The first-order valence-corrected chi connectivity index (χ1v) is 10.4. The fourth-order valence-electron chi connectivity index (χ4n) is 4.01. The number of carbonyl (C=O) groups is 1. The van der Waals surface area contributed by atoms with E-state index in [1.54, 1.807) is 0 Å². The molecule has 2 aliphatic rings. The van der Waals surface area contributed by atoms with E-state index in [0.29, 0.717) is 6.07 Å². The predicted molar refractivity (Wildman–Crippen MR) is 108 cm³/mol. The van der Waals surface area contributed by atoms with Crippen molar-refractivity contribution in [3.63, 3.8) is 0 Å². The Morgan fingerprint density at radius 3 is 2.20 bits per heavy atom. The summed E-state index contributed by atoms with van der Waals surface area (Å²) in [6, 6.07) is 7.47. The van der Waals surface area contributed by atoms with Crippen LogP contribution in [0.2, 0.25) is 5.02 Å². The van der Waals surface area contributed by atoms with Crippen LogP contribution in [-0.4, -0.2) is 42.0 Å². The maximum absolute atomic E-state index is 15.0. The number of alkyl halides is 7. The third-order valence-corrected chi connectivity index (χ3v) is 6.06. The summed E-state index contributed by atoms with van der Waals surface area (Å²) in [7, 11) is 0. The number of oxime groups is 1. The molecular weight excluding hydrogens is 512 g/mol. The molecule has 0 spiro atoms. The van der Waals surface area contributed by atoms with E-state index in [9.17, 15) is 35.5 Å². The molecule has 1 atom stereocenters. The van der Waals surface area contributed by atoms with Gasteiger partial charge in [-0.05, 0) is 29.3 Å². The van der Waals surface area contributed by atoms with Crippen LogP contribution in [0.1, 0.15) is 29.5 Å². The molecule has 0 saturated carbocycles. The van der Waals surface area contributed by atoms with Gasteiger partial charge in [0.1, 0.15) is 12.2 Å². The Hall–Kier alpha value is -2.89. The van der Waals surface area contributed by atoms with Gasteiger partial charge in [-0.2, -0.15) is 26.3 Å². The molecule has 0 N–H and O–H groups in total. The number of nitrogens with zero attached hydrogens (tertiary/aromatic N) is 2. The van der Waals surface area contributed by atoms with Crippen LogP contribution in [0, 0.1) is 5.82 Å². The number of rotatable bonds is 4. The highest BCUT2D eigenvalue weighted by Crippen LogP contribution is 2.49. The van der Waals surface area contributed by atoms with E-state index >= 15 is 4.39 Å². The maximum Gasteiger partial charge on any atom is 0.435 e. The number of benzene rings is 2. The van der Waals surface area contributed by atoms with Gasteiger partial charge in [0.15, 0.2) is 5.67 Å². The van der Waals surface area contributed by atoms with Gasteiger partial charge >= 0.3 is 12.4 Å². The van der Waals surface area contributed by atoms with E-state index < -0.39 is 66.8 Å². The zero-order valence-corrected chi connectivity index (χ0v) is 18.2. The number of hydrogen-bond donors (Lipinski definition) is 0. The molecule has 4 rings (SSSR count). The summed E-state index contributed by atoms with van der Waals surface area (Å²) in [4.78, 5) is 17.1. The molecule has 1 fully saturated rings. The summed E-state index contributed by atoms with van der Waals surface area (Å²) in [6.45, 7) is -1.16. The topological polar surface area (TPSA) is 41.9 Å². The van der Waals surface area contributed by atoms with Crippen molar-refractivity contribution in [1.82, 2.24) is 4.90 Å². The fraction of sp³-hybridized carbons (Fsp3) is 0.364. The second-order valence-corrected chi connectivity index (χ2v) is 8.81. The van der Waals surface area contributed by atoms with Gasteiger partial charge in [-0.25, -0.2) is 8.78 Å². The van der Waals surface area contributed by atoms with E-state index in [0.717, 1.165) is 17.0 Å². The molecular formula is C22H15ClF8N2O2. The fourth-order valence-corrected chi connectivity index (χ4v) is 4.23. The van der Waals surface area contributed by atoms with Crippen molar-refractivity contribution < 1.29 is 44.8 Å². The molecule has 2 aliphatic heterocycles. The smallest absolute Gasteiger partial charge is 0.374 e. The average Bonchev–Trinajstić information content (AvgIpc) is 3.16. The van der Waals surface area contributed by atoms with Gasteiger partial charge in [0.05, 0.1) is 18.8 Å². The van der Waals surface area contributed by atoms with Crippen molar-refractivity contribution >= 4 is 23.2 Å². The van der Waals surface area contributed by atoms with Crippen molar-refractivity contribution in [2.75, 3.05) is 13.1 Å². The Labute approximate surface area is 198 Å². The summed E-state index contributed by atoms with van der Waals surface area (Å²) < 4.78 is 108. The van der Waals surface area contributed by atoms with Gasteiger partial charge in [0, 0.05) is 17.0 Å². The Morgan fingerprint density at radius 2 is 1.66 bits per heavy atom. The monoisotopic (exact) mass is 526 g/mol. The van der Waals surface area contributed by atoms with Crippen LogP contribution in [-0.2, 0) is 20.9 Å². The lowest BCUT2D eigenvalue weighted by atomic mass is 9.84.